The molecule has 2 fully saturated rings. The van der Waals surface area contributed by atoms with Crippen molar-refractivity contribution in [2.24, 2.45) is 5.92 Å². The average Bonchev–Trinajstić information content (AvgIpc) is 3.74. The summed E-state index contributed by atoms with van der Waals surface area (Å²) in [7, 11) is 0. The molecule has 2 aliphatic rings. The van der Waals surface area contributed by atoms with Crippen LogP contribution in [0, 0.1) is 5.92 Å². The fourth-order valence-electron chi connectivity index (χ4n) is 4.43. The number of carbonyl (C=O) groups is 1. The van der Waals surface area contributed by atoms with E-state index in [-0.39, 0.29) is 0 Å². The molecule has 1 unspecified atom stereocenters. The number of nitrogens with zero attached hydrogens (tertiary/aromatic N) is 3. The van der Waals surface area contributed by atoms with Crippen molar-refractivity contribution in [3.8, 4) is 0 Å². The summed E-state index contributed by atoms with van der Waals surface area (Å²) >= 11 is 0. The van der Waals surface area contributed by atoms with Crippen LogP contribution in [0.4, 0.5) is 11.8 Å². The Bertz CT molecular complexity index is 776. The van der Waals surface area contributed by atoms with Crippen molar-refractivity contribution in [3.05, 3.63) is 23.5 Å². The van der Waals surface area contributed by atoms with Crippen LogP contribution >= 0.6 is 0 Å². The third kappa shape index (κ3) is 20.4. The van der Waals surface area contributed by atoms with Crippen LogP contribution in [0.3, 0.4) is 0 Å². The van der Waals surface area contributed by atoms with Gasteiger partial charge < -0.3 is 15.5 Å². The predicted molar refractivity (Wildman–Crippen MR) is 183 cm³/mol. The Morgan fingerprint density at radius 2 is 1.71 bits per heavy atom. The summed E-state index contributed by atoms with van der Waals surface area (Å²) < 4.78 is 0. The molecule has 2 N–H and O–H groups in total. The molecule has 1 aliphatic carbocycles. The summed E-state index contributed by atoms with van der Waals surface area (Å²) in [6.45, 7) is 25.8. The van der Waals surface area contributed by atoms with Crippen molar-refractivity contribution in [2.75, 3.05) is 30.3 Å². The van der Waals surface area contributed by atoms with Crippen LogP contribution in [-0.2, 0) is 4.79 Å². The van der Waals surface area contributed by atoms with Crippen LogP contribution < -0.4 is 10.6 Å². The number of rotatable bonds is 14. The molecule has 0 radical (unpaired) electrons. The first-order valence-electron chi connectivity index (χ1n) is 17.2. The van der Waals surface area contributed by atoms with E-state index >= 15 is 0 Å². The molecular formula is C35H69N5O. The van der Waals surface area contributed by atoms with E-state index in [9.17, 15) is 4.79 Å². The zero-order valence-electron chi connectivity index (χ0n) is 29.2. The van der Waals surface area contributed by atoms with Crippen molar-refractivity contribution in [1.82, 2.24) is 14.9 Å². The molecule has 1 aromatic rings. The number of allylic oxidation sites excluding steroid dienone is 2. The maximum Gasteiger partial charge on any atom is 0.228 e. The molecule has 0 spiro atoms. The third-order valence-corrected chi connectivity index (χ3v) is 6.55. The second-order valence-corrected chi connectivity index (χ2v) is 10.7. The normalized spacial score (nSPS) is 14.7. The van der Waals surface area contributed by atoms with Gasteiger partial charge in [-0.15, -0.1) is 0 Å². The molecule has 0 bridgehead atoms. The van der Waals surface area contributed by atoms with Gasteiger partial charge in [0.25, 0.3) is 0 Å². The van der Waals surface area contributed by atoms with Crippen molar-refractivity contribution in [3.63, 3.8) is 0 Å². The number of nitrogens with one attached hydrogen (secondary N) is 2. The van der Waals surface area contributed by atoms with Crippen LogP contribution in [0.2, 0.25) is 0 Å². The van der Waals surface area contributed by atoms with Gasteiger partial charge in [0.2, 0.25) is 11.9 Å². The minimum absolute atomic E-state index is 0.297. The first kappa shape index (κ1) is 41.0. The number of hydrogen-bond donors (Lipinski definition) is 2. The Morgan fingerprint density at radius 1 is 1.05 bits per heavy atom. The van der Waals surface area contributed by atoms with E-state index in [4.69, 9.17) is 0 Å². The molecule has 1 atom stereocenters. The first-order valence-corrected chi connectivity index (χ1v) is 17.2. The lowest BCUT2D eigenvalue weighted by molar-refractivity contribution is -0.127. The van der Waals surface area contributed by atoms with Gasteiger partial charge in [-0.2, -0.15) is 4.98 Å². The molecule has 1 saturated carbocycles. The van der Waals surface area contributed by atoms with Crippen LogP contribution in [0.15, 0.2) is 18.0 Å². The van der Waals surface area contributed by atoms with E-state index in [1.807, 2.05) is 45.7 Å². The molecule has 240 valence electrons. The zero-order chi connectivity index (χ0) is 31.5. The highest BCUT2D eigenvalue weighted by Gasteiger charge is 2.27. The number of unbranched alkanes of at least 4 members (excludes halogenated alkanes) is 1. The van der Waals surface area contributed by atoms with Gasteiger partial charge in [0.1, 0.15) is 5.82 Å². The molecular weight excluding hydrogens is 506 g/mol. The minimum Gasteiger partial charge on any atom is -0.370 e. The van der Waals surface area contributed by atoms with Crippen LogP contribution in [0.5, 0.6) is 0 Å². The van der Waals surface area contributed by atoms with E-state index in [1.54, 1.807) is 0 Å². The molecule has 6 heteroatoms. The quantitative estimate of drug-likeness (QED) is 0.216. The minimum atomic E-state index is 0.297. The maximum absolute atomic E-state index is 11.7. The molecule has 41 heavy (non-hydrogen) atoms. The number of anilines is 2. The van der Waals surface area contributed by atoms with E-state index in [0.717, 1.165) is 56.3 Å². The third-order valence-electron chi connectivity index (χ3n) is 6.55. The largest absolute Gasteiger partial charge is 0.370 e. The zero-order valence-corrected chi connectivity index (χ0v) is 29.2. The highest BCUT2D eigenvalue weighted by Crippen LogP contribution is 2.42. The standard InChI is InChI=1S/C19H29N5O.C9H20.C3H8.2C2H6/c1-3-6-14(2)22-19-21-13-16(15-8-9-15)18(23-19)20-10-5-12-24-11-4-7-17(24)25;1-4-6-8-9(3)7-5-2;1-3-2;2*1-2/h6,13,15H,3-5,7-12H2,1-2H3,(H2,20,21,22,23);9H,4-8H2,1-3H3;3H2,1-2H3;2*1-2H3/b14-6+;;;;. The van der Waals surface area contributed by atoms with Gasteiger partial charge in [-0.3, -0.25) is 4.79 Å². The number of hydrogen-bond acceptors (Lipinski definition) is 5. The Labute approximate surface area is 256 Å². The summed E-state index contributed by atoms with van der Waals surface area (Å²) in [4.78, 5) is 22.8. The van der Waals surface area contributed by atoms with Crippen LogP contribution in [0.1, 0.15) is 165 Å². The van der Waals surface area contributed by atoms with Crippen LogP contribution in [0.25, 0.3) is 0 Å². The summed E-state index contributed by atoms with van der Waals surface area (Å²) in [6.07, 6.45) is 18.4. The molecule has 1 aliphatic heterocycles. The molecule has 0 aromatic carbocycles. The molecule has 1 aromatic heterocycles. The summed E-state index contributed by atoms with van der Waals surface area (Å²) in [6, 6.07) is 0. The van der Waals surface area contributed by atoms with Crippen molar-refractivity contribution in [1.29, 1.82) is 0 Å². The number of carbonyl (C=O) groups excluding carboxylic acids is 1. The highest BCUT2D eigenvalue weighted by molar-refractivity contribution is 5.78. The van der Waals surface area contributed by atoms with Gasteiger partial charge in [0.15, 0.2) is 0 Å². The van der Waals surface area contributed by atoms with E-state index in [1.165, 1.54) is 56.9 Å². The van der Waals surface area contributed by atoms with Gasteiger partial charge >= 0.3 is 0 Å². The summed E-state index contributed by atoms with van der Waals surface area (Å²) in [5, 5.41) is 6.73. The lowest BCUT2D eigenvalue weighted by Gasteiger charge is -2.16. The van der Waals surface area contributed by atoms with Gasteiger partial charge in [0, 0.05) is 43.5 Å². The number of amides is 1. The molecule has 1 amide bonds. The Balaban J connectivity index is 0. The second-order valence-electron chi connectivity index (χ2n) is 10.7. The molecule has 2 heterocycles. The molecule has 1 saturated heterocycles. The predicted octanol–water partition coefficient (Wildman–Crippen LogP) is 10.6. The van der Waals surface area contributed by atoms with Crippen molar-refractivity contribution < 1.29 is 4.79 Å². The van der Waals surface area contributed by atoms with E-state index in [2.05, 4.69) is 68.2 Å². The number of aromatic nitrogens is 2. The molecule has 6 nitrogen and oxygen atoms in total. The van der Waals surface area contributed by atoms with Crippen molar-refractivity contribution in [2.45, 2.75) is 159 Å². The highest BCUT2D eigenvalue weighted by atomic mass is 16.2. The number of likely N-dealkylation sites (tertiary alicyclic amines) is 1. The Morgan fingerprint density at radius 3 is 2.22 bits per heavy atom. The Kier molecular flexibility index (Phi) is 28.0. The maximum atomic E-state index is 11.7. The summed E-state index contributed by atoms with van der Waals surface area (Å²) in [5.41, 5.74) is 2.29. The average molecular weight is 576 g/mol. The van der Waals surface area contributed by atoms with E-state index < -0.39 is 0 Å². The van der Waals surface area contributed by atoms with Gasteiger partial charge in [-0.05, 0) is 50.9 Å². The fourth-order valence-corrected chi connectivity index (χ4v) is 4.43. The SMILES string of the molecule is CC.CC.CC/C=C(\C)Nc1ncc(C2CC2)c(NCCCN2CCCC2=O)n1.CCC.CCCCC(C)CCC. The van der Waals surface area contributed by atoms with Crippen molar-refractivity contribution >= 4 is 17.7 Å². The van der Waals surface area contributed by atoms with Gasteiger partial charge in [0.05, 0.1) is 0 Å². The lowest BCUT2D eigenvalue weighted by atomic mass is 10.00. The van der Waals surface area contributed by atoms with Gasteiger partial charge in [-0.1, -0.05) is 114 Å². The Hall–Kier alpha value is -2.11. The van der Waals surface area contributed by atoms with E-state index in [0.29, 0.717) is 24.2 Å². The topological polar surface area (TPSA) is 70.2 Å². The molecule has 3 rings (SSSR count). The first-order chi connectivity index (χ1) is 19.9. The second kappa shape index (κ2) is 28.0. The monoisotopic (exact) mass is 576 g/mol. The van der Waals surface area contributed by atoms with Crippen LogP contribution in [-0.4, -0.2) is 40.4 Å². The smallest absolute Gasteiger partial charge is 0.228 e. The fraction of sp³-hybridized carbons (Fsp3) is 0.800. The lowest BCUT2D eigenvalue weighted by Crippen LogP contribution is -2.27. The summed E-state index contributed by atoms with van der Waals surface area (Å²) in [5.74, 6) is 3.45. The van der Waals surface area contributed by atoms with Gasteiger partial charge in [-0.25, -0.2) is 4.98 Å².